The molecule has 1 aromatic rings. The third-order valence-corrected chi connectivity index (χ3v) is 5.52. The Morgan fingerprint density at radius 2 is 2.14 bits per heavy atom. The zero-order chi connectivity index (χ0) is 20.3. The minimum Gasteiger partial charge on any atom is -0.358 e. The molecule has 3 atom stereocenters. The van der Waals surface area contributed by atoms with E-state index in [0.29, 0.717) is 12.5 Å². The van der Waals surface area contributed by atoms with Crippen molar-refractivity contribution >= 4 is 11.9 Å². The highest BCUT2D eigenvalue weighted by Gasteiger charge is 2.44. The summed E-state index contributed by atoms with van der Waals surface area (Å²) in [5.74, 6) is 0.554. The van der Waals surface area contributed by atoms with Gasteiger partial charge in [0.15, 0.2) is 0 Å². The third kappa shape index (κ3) is 4.13. The van der Waals surface area contributed by atoms with Crippen molar-refractivity contribution in [3.63, 3.8) is 0 Å². The van der Waals surface area contributed by atoms with Crippen molar-refractivity contribution in [1.82, 2.24) is 15.8 Å². The topological polar surface area (TPSA) is 42.9 Å². The smallest absolute Gasteiger partial charge is 0.123 e. The number of nitrogens with zero attached hydrogens (tertiary/aromatic N) is 3. The van der Waals surface area contributed by atoms with Gasteiger partial charge < -0.3 is 9.80 Å². The number of anilines is 1. The van der Waals surface area contributed by atoms with Crippen molar-refractivity contribution in [1.29, 1.82) is 0 Å². The molecule has 152 valence electrons. The van der Waals surface area contributed by atoms with Crippen LogP contribution in [-0.4, -0.2) is 44.5 Å². The van der Waals surface area contributed by atoms with E-state index >= 15 is 0 Å². The van der Waals surface area contributed by atoms with E-state index < -0.39 is 0 Å². The lowest BCUT2D eigenvalue weighted by atomic mass is 9.73. The molecule has 0 fully saturated rings. The van der Waals surface area contributed by atoms with Gasteiger partial charge in [0.25, 0.3) is 0 Å². The van der Waals surface area contributed by atoms with Gasteiger partial charge in [-0.1, -0.05) is 26.0 Å². The molecule has 28 heavy (non-hydrogen) atoms. The maximum Gasteiger partial charge on any atom is 0.123 e. The minimum atomic E-state index is -0.192. The summed E-state index contributed by atoms with van der Waals surface area (Å²) in [5, 5.41) is 0. The van der Waals surface area contributed by atoms with Crippen LogP contribution in [0.3, 0.4) is 0 Å². The van der Waals surface area contributed by atoms with E-state index in [4.69, 9.17) is 0 Å². The molecule has 2 aliphatic rings. The minimum absolute atomic E-state index is 0.142. The van der Waals surface area contributed by atoms with Gasteiger partial charge in [-0.2, -0.15) is 0 Å². The highest BCUT2D eigenvalue weighted by Crippen LogP contribution is 2.49. The molecule has 0 amide bonds. The fourth-order valence-corrected chi connectivity index (χ4v) is 4.31. The summed E-state index contributed by atoms with van der Waals surface area (Å²) in [4.78, 5) is 9.08. The highest BCUT2D eigenvalue weighted by atomic mass is 19.1. The van der Waals surface area contributed by atoms with Crippen LogP contribution in [0, 0.1) is 17.7 Å². The van der Waals surface area contributed by atoms with E-state index in [2.05, 4.69) is 65.5 Å². The Morgan fingerprint density at radius 1 is 1.36 bits per heavy atom. The number of halogens is 1. The first-order chi connectivity index (χ1) is 13.4. The molecule has 3 rings (SSSR count). The summed E-state index contributed by atoms with van der Waals surface area (Å²) < 4.78 is 14.2. The van der Waals surface area contributed by atoms with Crippen LogP contribution in [0.1, 0.15) is 31.7 Å². The number of fused-ring (bicyclic) bond motifs is 3. The van der Waals surface area contributed by atoms with Gasteiger partial charge in [-0.3, -0.25) is 15.8 Å². The molecule has 0 bridgehead atoms. The number of benzene rings is 1. The number of nitrogens with one attached hydrogen (secondary N) is 2. The van der Waals surface area contributed by atoms with Crippen molar-refractivity contribution in [3.05, 3.63) is 54.1 Å². The summed E-state index contributed by atoms with van der Waals surface area (Å²) in [5.41, 5.74) is 9.38. The largest absolute Gasteiger partial charge is 0.358 e. The molecule has 0 saturated carbocycles. The summed E-state index contributed by atoms with van der Waals surface area (Å²) in [6, 6.07) is 5.14. The van der Waals surface area contributed by atoms with E-state index in [1.807, 2.05) is 19.3 Å². The highest BCUT2D eigenvalue weighted by molar-refractivity contribution is 5.63. The Morgan fingerprint density at radius 3 is 2.86 bits per heavy atom. The summed E-state index contributed by atoms with van der Waals surface area (Å²) in [6.45, 7) is 10.0. The Bertz CT molecular complexity index is 757. The number of hydrogen-bond donors (Lipinski definition) is 2. The number of rotatable bonds is 8. The maximum atomic E-state index is 14.2. The van der Waals surface area contributed by atoms with Crippen LogP contribution < -0.4 is 15.8 Å². The normalized spacial score (nSPS) is 23.6. The Hall–Kier alpha value is -2.18. The van der Waals surface area contributed by atoms with Gasteiger partial charge in [0.05, 0.1) is 0 Å². The molecule has 5 nitrogen and oxygen atoms in total. The molecule has 0 aliphatic carbocycles. The van der Waals surface area contributed by atoms with Gasteiger partial charge in [0.1, 0.15) is 12.0 Å². The lowest BCUT2D eigenvalue weighted by Crippen LogP contribution is -2.50. The van der Waals surface area contributed by atoms with Crippen LogP contribution in [0.25, 0.3) is 0 Å². The second-order valence-corrected chi connectivity index (χ2v) is 7.97. The van der Waals surface area contributed by atoms with E-state index in [1.165, 1.54) is 0 Å². The van der Waals surface area contributed by atoms with Crippen LogP contribution in [0.5, 0.6) is 0 Å². The first-order valence-corrected chi connectivity index (χ1v) is 9.99. The van der Waals surface area contributed by atoms with Crippen LogP contribution in [0.4, 0.5) is 10.1 Å². The first-order valence-electron chi connectivity index (χ1n) is 9.99. The van der Waals surface area contributed by atoms with Crippen molar-refractivity contribution in [2.24, 2.45) is 16.8 Å². The number of hydrogen-bond acceptors (Lipinski definition) is 5. The predicted molar refractivity (Wildman–Crippen MR) is 115 cm³/mol. The summed E-state index contributed by atoms with van der Waals surface area (Å²) >= 11 is 0. The van der Waals surface area contributed by atoms with Crippen molar-refractivity contribution in [3.8, 4) is 0 Å². The van der Waals surface area contributed by atoms with Gasteiger partial charge in [0.2, 0.25) is 0 Å². The van der Waals surface area contributed by atoms with Gasteiger partial charge >= 0.3 is 0 Å². The van der Waals surface area contributed by atoms with Crippen molar-refractivity contribution in [2.75, 3.05) is 32.1 Å². The number of hydrazine groups is 1. The fourth-order valence-electron chi connectivity index (χ4n) is 4.31. The molecule has 2 aliphatic heterocycles. The quantitative estimate of drug-likeness (QED) is 0.408. The van der Waals surface area contributed by atoms with E-state index in [0.717, 1.165) is 29.8 Å². The molecule has 0 radical (unpaired) electrons. The Labute approximate surface area is 168 Å². The Kier molecular flexibility index (Phi) is 6.52. The van der Waals surface area contributed by atoms with Crippen LogP contribution in [0.15, 0.2) is 47.7 Å². The molecular formula is C22H32FN5. The van der Waals surface area contributed by atoms with E-state index in [1.54, 1.807) is 12.1 Å². The van der Waals surface area contributed by atoms with Gasteiger partial charge in [-0.15, -0.1) is 0 Å². The second kappa shape index (κ2) is 8.88. The van der Waals surface area contributed by atoms with Gasteiger partial charge in [-0.25, -0.2) is 4.39 Å². The van der Waals surface area contributed by atoms with Crippen LogP contribution in [0.2, 0.25) is 0 Å². The molecular weight excluding hydrogens is 353 g/mol. The average molecular weight is 386 g/mol. The SMILES string of the molecule is C=C(CNNC)C1C(CCN=CC(C)C)c2cc(F)ccc2N2C=CN(C)C12. The molecule has 2 N–H and O–H groups in total. The number of aliphatic imine (C=N–C) groups is 1. The molecule has 3 unspecified atom stereocenters. The summed E-state index contributed by atoms with van der Waals surface area (Å²) in [7, 11) is 3.95. The van der Waals surface area contributed by atoms with E-state index in [-0.39, 0.29) is 23.8 Å². The second-order valence-electron chi connectivity index (χ2n) is 7.97. The van der Waals surface area contributed by atoms with Crippen LogP contribution in [-0.2, 0) is 0 Å². The molecule has 2 heterocycles. The molecule has 0 saturated heterocycles. The monoisotopic (exact) mass is 385 g/mol. The summed E-state index contributed by atoms with van der Waals surface area (Å²) in [6.07, 6.45) is 7.17. The average Bonchev–Trinajstić information content (AvgIpc) is 3.04. The predicted octanol–water partition coefficient (Wildman–Crippen LogP) is 3.49. The van der Waals surface area contributed by atoms with Crippen molar-refractivity contribution in [2.45, 2.75) is 32.4 Å². The molecule has 1 aromatic carbocycles. The van der Waals surface area contributed by atoms with Crippen LogP contribution >= 0.6 is 0 Å². The lowest BCUT2D eigenvalue weighted by Gasteiger charge is -2.47. The molecule has 6 heteroatoms. The fraction of sp³-hybridized carbons (Fsp3) is 0.500. The van der Waals surface area contributed by atoms with Gasteiger partial charge in [-0.05, 0) is 49.1 Å². The van der Waals surface area contributed by atoms with Gasteiger partial charge in [0, 0.05) is 50.4 Å². The zero-order valence-corrected chi connectivity index (χ0v) is 17.3. The Balaban J connectivity index is 1.98. The lowest BCUT2D eigenvalue weighted by molar-refractivity contribution is 0.232. The van der Waals surface area contributed by atoms with Crippen molar-refractivity contribution < 1.29 is 4.39 Å². The zero-order valence-electron chi connectivity index (χ0n) is 17.3. The first kappa shape index (κ1) is 20.6. The molecule has 0 aromatic heterocycles. The maximum absolute atomic E-state index is 14.2. The van der Waals surface area contributed by atoms with E-state index in [9.17, 15) is 4.39 Å². The molecule has 0 spiro atoms. The standard InChI is InChI=1S/C22H32FN5/c1-15(2)13-25-9-8-18-19-12-17(23)6-7-20(19)28-11-10-27(5)22(28)21(18)16(3)14-26-24-4/h6-7,10-13,15,18,21-22,24,26H,3,8-9,14H2,1-2,4-5H3. The third-order valence-electron chi connectivity index (χ3n) is 5.52.